The molecule has 0 unspecified atom stereocenters. The number of hydrogen-bond donors (Lipinski definition) is 1. The van der Waals surface area contributed by atoms with Gasteiger partial charge in [-0.1, -0.05) is 37.1 Å². The molecule has 0 saturated carbocycles. The minimum atomic E-state index is -3.53. The van der Waals surface area contributed by atoms with Crippen LogP contribution in [0, 0.1) is 0 Å². The van der Waals surface area contributed by atoms with Crippen molar-refractivity contribution < 1.29 is 17.9 Å². The molecule has 0 radical (unpaired) electrons. The Morgan fingerprint density at radius 2 is 1.73 bits per heavy atom. The molecule has 2 aromatic carbocycles. The predicted octanol–water partition coefficient (Wildman–Crippen LogP) is 4.00. The molecule has 162 valence electrons. The van der Waals surface area contributed by atoms with Crippen LogP contribution in [-0.2, 0) is 14.8 Å². The first-order chi connectivity index (χ1) is 14.6. The van der Waals surface area contributed by atoms with Gasteiger partial charge in [0.05, 0.1) is 17.3 Å². The third-order valence-electron chi connectivity index (χ3n) is 4.79. The third-order valence-corrected chi connectivity index (χ3v) is 7.61. The standard InChI is InChI=1S/C22H28N2O4S2/c25-22(18-29-16-15-28-20-10-4-3-5-11-20)23-19-9-8-12-21(17-19)30(26,27)24-13-6-1-2-7-14-24/h3-5,8-12,17H,1-2,6-7,13-16,18H2,(H,23,25). The molecule has 1 fully saturated rings. The lowest BCUT2D eigenvalue weighted by Gasteiger charge is -2.20. The summed E-state index contributed by atoms with van der Waals surface area (Å²) in [5, 5.41) is 2.79. The van der Waals surface area contributed by atoms with E-state index in [1.54, 1.807) is 28.6 Å². The molecule has 0 bridgehead atoms. The second-order valence-corrected chi connectivity index (χ2v) is 10.2. The average Bonchev–Trinajstić information content (AvgIpc) is 3.05. The van der Waals surface area contributed by atoms with Crippen LogP contribution < -0.4 is 10.1 Å². The molecule has 30 heavy (non-hydrogen) atoms. The third kappa shape index (κ3) is 6.75. The van der Waals surface area contributed by atoms with Crippen molar-refractivity contribution in [1.82, 2.24) is 4.31 Å². The number of carbonyl (C=O) groups is 1. The van der Waals surface area contributed by atoms with E-state index in [0.717, 1.165) is 31.4 Å². The minimum absolute atomic E-state index is 0.163. The quantitative estimate of drug-likeness (QED) is 0.587. The van der Waals surface area contributed by atoms with E-state index in [2.05, 4.69) is 5.32 Å². The molecule has 1 aliphatic rings. The highest BCUT2D eigenvalue weighted by Gasteiger charge is 2.25. The Morgan fingerprint density at radius 3 is 2.47 bits per heavy atom. The van der Waals surface area contributed by atoms with E-state index in [1.165, 1.54) is 11.8 Å². The normalized spacial score (nSPS) is 15.3. The van der Waals surface area contributed by atoms with Crippen molar-refractivity contribution in [3.63, 3.8) is 0 Å². The molecule has 6 nitrogen and oxygen atoms in total. The van der Waals surface area contributed by atoms with Crippen LogP contribution in [-0.4, -0.2) is 49.8 Å². The maximum Gasteiger partial charge on any atom is 0.243 e. The number of ether oxygens (including phenoxy) is 1. The molecule has 1 saturated heterocycles. The Bertz CT molecular complexity index is 912. The molecule has 1 N–H and O–H groups in total. The van der Waals surface area contributed by atoms with Gasteiger partial charge in [-0.2, -0.15) is 4.31 Å². The maximum absolute atomic E-state index is 12.9. The highest BCUT2D eigenvalue weighted by atomic mass is 32.2. The van der Waals surface area contributed by atoms with E-state index in [9.17, 15) is 13.2 Å². The van der Waals surface area contributed by atoms with Gasteiger partial charge in [0.2, 0.25) is 15.9 Å². The van der Waals surface area contributed by atoms with E-state index >= 15 is 0 Å². The van der Waals surface area contributed by atoms with Crippen molar-refractivity contribution in [2.75, 3.05) is 36.5 Å². The summed E-state index contributed by atoms with van der Waals surface area (Å²) in [5.74, 6) is 1.61. The zero-order valence-electron chi connectivity index (χ0n) is 17.0. The summed E-state index contributed by atoms with van der Waals surface area (Å²) >= 11 is 1.47. The summed E-state index contributed by atoms with van der Waals surface area (Å²) in [6.07, 6.45) is 3.91. The Kier molecular flexibility index (Phi) is 8.60. The fraction of sp³-hybridized carbons (Fsp3) is 0.409. The van der Waals surface area contributed by atoms with Gasteiger partial charge in [-0.25, -0.2) is 8.42 Å². The van der Waals surface area contributed by atoms with Crippen LogP contribution in [0.3, 0.4) is 0 Å². The number of hydrogen-bond acceptors (Lipinski definition) is 5. The lowest BCUT2D eigenvalue weighted by Crippen LogP contribution is -2.32. The Hall–Kier alpha value is -2.03. The number of benzene rings is 2. The van der Waals surface area contributed by atoms with Gasteiger partial charge < -0.3 is 10.1 Å². The number of rotatable bonds is 9. The van der Waals surface area contributed by atoms with E-state index in [4.69, 9.17) is 4.74 Å². The monoisotopic (exact) mass is 448 g/mol. The molecular formula is C22H28N2O4S2. The SMILES string of the molecule is O=C(CSCCOc1ccccc1)Nc1cccc(S(=O)(=O)N2CCCCCC2)c1. The molecule has 1 amide bonds. The predicted molar refractivity (Wildman–Crippen MR) is 122 cm³/mol. The summed E-state index contributed by atoms with van der Waals surface area (Å²) in [7, 11) is -3.53. The van der Waals surface area contributed by atoms with Crippen molar-refractivity contribution in [1.29, 1.82) is 0 Å². The van der Waals surface area contributed by atoms with Crippen LogP contribution in [0.1, 0.15) is 25.7 Å². The molecule has 0 aliphatic carbocycles. The maximum atomic E-state index is 12.9. The molecule has 0 spiro atoms. The zero-order chi connectivity index (χ0) is 21.2. The minimum Gasteiger partial charge on any atom is -0.493 e. The Morgan fingerprint density at radius 1 is 1.00 bits per heavy atom. The number of sulfonamides is 1. The first kappa shape index (κ1) is 22.7. The first-order valence-electron chi connectivity index (χ1n) is 10.2. The van der Waals surface area contributed by atoms with E-state index in [0.29, 0.717) is 31.1 Å². The van der Waals surface area contributed by atoms with Crippen molar-refractivity contribution in [2.24, 2.45) is 0 Å². The largest absolute Gasteiger partial charge is 0.493 e. The average molecular weight is 449 g/mol. The number of nitrogens with one attached hydrogen (secondary N) is 1. The summed E-state index contributed by atoms with van der Waals surface area (Å²) < 4.78 is 33.0. The van der Waals surface area contributed by atoms with Gasteiger partial charge in [-0.05, 0) is 43.2 Å². The molecule has 8 heteroatoms. The summed E-state index contributed by atoms with van der Waals surface area (Å²) in [4.78, 5) is 12.4. The number of para-hydroxylation sites is 1. The van der Waals surface area contributed by atoms with Crippen LogP contribution in [0.15, 0.2) is 59.5 Å². The second kappa shape index (κ2) is 11.4. The number of thioether (sulfide) groups is 1. The smallest absolute Gasteiger partial charge is 0.243 e. The summed E-state index contributed by atoms with van der Waals surface area (Å²) in [5.41, 5.74) is 0.497. The first-order valence-corrected chi connectivity index (χ1v) is 12.8. The van der Waals surface area contributed by atoms with E-state index < -0.39 is 10.0 Å². The van der Waals surface area contributed by atoms with Gasteiger partial charge in [0.25, 0.3) is 0 Å². The molecule has 1 heterocycles. The van der Waals surface area contributed by atoms with Crippen LogP contribution in [0.2, 0.25) is 0 Å². The van der Waals surface area contributed by atoms with Gasteiger partial charge in [0.1, 0.15) is 5.75 Å². The number of nitrogens with zero attached hydrogens (tertiary/aromatic N) is 1. The molecule has 0 atom stereocenters. The molecule has 0 aromatic heterocycles. The Balaban J connectivity index is 1.47. The number of amides is 1. The van der Waals surface area contributed by atoms with Crippen LogP contribution in [0.4, 0.5) is 5.69 Å². The van der Waals surface area contributed by atoms with Crippen molar-refractivity contribution >= 4 is 33.4 Å². The van der Waals surface area contributed by atoms with Crippen LogP contribution in [0.5, 0.6) is 5.75 Å². The van der Waals surface area contributed by atoms with Gasteiger partial charge in [0.15, 0.2) is 0 Å². The van der Waals surface area contributed by atoms with Crippen LogP contribution >= 0.6 is 11.8 Å². The van der Waals surface area contributed by atoms with E-state index in [-0.39, 0.29) is 16.6 Å². The fourth-order valence-corrected chi connectivity index (χ4v) is 5.43. The Labute approximate surface area is 183 Å². The lowest BCUT2D eigenvalue weighted by atomic mass is 10.2. The lowest BCUT2D eigenvalue weighted by molar-refractivity contribution is -0.113. The van der Waals surface area contributed by atoms with Gasteiger partial charge in [-0.3, -0.25) is 4.79 Å². The van der Waals surface area contributed by atoms with Crippen molar-refractivity contribution in [3.05, 3.63) is 54.6 Å². The van der Waals surface area contributed by atoms with Crippen molar-refractivity contribution in [3.8, 4) is 5.75 Å². The van der Waals surface area contributed by atoms with Crippen LogP contribution in [0.25, 0.3) is 0 Å². The summed E-state index contributed by atoms with van der Waals surface area (Å²) in [6, 6.07) is 16.1. The number of anilines is 1. The highest BCUT2D eigenvalue weighted by molar-refractivity contribution is 7.99. The number of carbonyl (C=O) groups excluding carboxylic acids is 1. The molecule has 1 aliphatic heterocycles. The topological polar surface area (TPSA) is 75.7 Å². The zero-order valence-corrected chi connectivity index (χ0v) is 18.6. The molecule has 2 aromatic rings. The van der Waals surface area contributed by atoms with Gasteiger partial charge in [-0.15, -0.1) is 11.8 Å². The second-order valence-electron chi connectivity index (χ2n) is 7.11. The van der Waals surface area contributed by atoms with Crippen molar-refractivity contribution in [2.45, 2.75) is 30.6 Å². The fourth-order valence-electron chi connectivity index (χ4n) is 3.26. The van der Waals surface area contributed by atoms with E-state index in [1.807, 2.05) is 30.3 Å². The summed E-state index contributed by atoms with van der Waals surface area (Å²) in [6.45, 7) is 1.63. The van der Waals surface area contributed by atoms with Gasteiger partial charge in [0, 0.05) is 24.5 Å². The molecule has 3 rings (SSSR count). The van der Waals surface area contributed by atoms with Gasteiger partial charge >= 0.3 is 0 Å². The molecular weight excluding hydrogens is 420 g/mol. The highest BCUT2D eigenvalue weighted by Crippen LogP contribution is 2.23.